The van der Waals surface area contributed by atoms with E-state index in [1.54, 1.807) is 18.2 Å². The molecule has 7 heteroatoms. The van der Waals surface area contributed by atoms with Crippen molar-refractivity contribution in [2.75, 3.05) is 13.7 Å². The van der Waals surface area contributed by atoms with E-state index in [0.29, 0.717) is 5.75 Å². The Bertz CT molecular complexity index is 781. The smallest absolute Gasteiger partial charge is 0.258 e. The van der Waals surface area contributed by atoms with Crippen molar-refractivity contribution in [1.29, 1.82) is 0 Å². The van der Waals surface area contributed by atoms with Gasteiger partial charge in [0.2, 0.25) is 5.91 Å². The zero-order valence-electron chi connectivity index (χ0n) is 13.8. The lowest BCUT2D eigenvalue weighted by atomic mass is 10.1. The molecule has 5 nitrogen and oxygen atoms in total. The molecule has 2 amide bonds. The Morgan fingerprint density at radius 3 is 2.52 bits per heavy atom. The summed E-state index contributed by atoms with van der Waals surface area (Å²) in [6.45, 7) is 1.57. The predicted molar refractivity (Wildman–Crippen MR) is 88.0 cm³/mol. The number of carbonyl (C=O) groups is 2. The molecule has 2 aromatic carbocycles. The second-order valence-electron chi connectivity index (χ2n) is 5.39. The Kier molecular flexibility index (Phi) is 6.05. The number of benzene rings is 2. The highest BCUT2D eigenvalue weighted by molar-refractivity contribution is 5.89. The van der Waals surface area contributed by atoms with Crippen LogP contribution in [-0.4, -0.2) is 25.5 Å². The maximum atomic E-state index is 13.4. The number of hydrogen-bond acceptors (Lipinski definition) is 3. The third-order valence-corrected chi connectivity index (χ3v) is 3.45. The zero-order chi connectivity index (χ0) is 18.4. The molecule has 0 aliphatic carbocycles. The SMILES string of the molecule is CNC(=O)C(NC(=O)COc1cccc(C)c1)c1ccc(F)c(F)c1. The average molecular weight is 348 g/mol. The predicted octanol–water partition coefficient (Wildman–Crippen LogP) is 2.26. The minimum atomic E-state index is -1.16. The summed E-state index contributed by atoms with van der Waals surface area (Å²) < 4.78 is 31.8. The first kappa shape index (κ1) is 18.4. The van der Waals surface area contributed by atoms with Crippen molar-refractivity contribution in [3.63, 3.8) is 0 Å². The second kappa shape index (κ2) is 8.23. The van der Waals surface area contributed by atoms with Crippen LogP contribution < -0.4 is 15.4 Å². The van der Waals surface area contributed by atoms with Crippen molar-refractivity contribution in [1.82, 2.24) is 10.6 Å². The second-order valence-corrected chi connectivity index (χ2v) is 5.39. The summed E-state index contributed by atoms with van der Waals surface area (Å²) in [5.41, 5.74) is 1.10. The lowest BCUT2D eigenvalue weighted by molar-refractivity contribution is -0.129. The van der Waals surface area contributed by atoms with Gasteiger partial charge < -0.3 is 15.4 Å². The topological polar surface area (TPSA) is 67.4 Å². The van der Waals surface area contributed by atoms with E-state index >= 15 is 0 Å². The molecule has 0 aromatic heterocycles. The molecule has 0 heterocycles. The molecule has 132 valence electrons. The quantitative estimate of drug-likeness (QED) is 0.841. The van der Waals surface area contributed by atoms with E-state index in [0.717, 1.165) is 17.7 Å². The highest BCUT2D eigenvalue weighted by atomic mass is 19.2. The van der Waals surface area contributed by atoms with Gasteiger partial charge in [0.05, 0.1) is 0 Å². The summed E-state index contributed by atoms with van der Waals surface area (Å²) in [5, 5.41) is 4.82. The monoisotopic (exact) mass is 348 g/mol. The summed E-state index contributed by atoms with van der Waals surface area (Å²) in [5.74, 6) is -2.75. The van der Waals surface area contributed by atoms with Crippen LogP contribution in [0.2, 0.25) is 0 Å². The van der Waals surface area contributed by atoms with Gasteiger partial charge in [0.25, 0.3) is 5.91 Å². The standard InChI is InChI=1S/C18H18F2N2O3/c1-11-4-3-5-13(8-11)25-10-16(23)22-17(18(24)21-2)12-6-7-14(19)15(20)9-12/h3-9,17H,10H2,1-2H3,(H,21,24)(H,22,23). The van der Waals surface area contributed by atoms with Crippen molar-refractivity contribution in [2.45, 2.75) is 13.0 Å². The molecule has 0 aliphatic heterocycles. The zero-order valence-corrected chi connectivity index (χ0v) is 13.8. The third kappa shape index (κ3) is 5.00. The minimum absolute atomic E-state index is 0.127. The molecule has 2 N–H and O–H groups in total. The van der Waals surface area contributed by atoms with Gasteiger partial charge in [-0.3, -0.25) is 9.59 Å². The molecule has 1 unspecified atom stereocenters. The van der Waals surface area contributed by atoms with Crippen LogP contribution in [0.4, 0.5) is 8.78 Å². The number of rotatable bonds is 6. The molecule has 2 rings (SSSR count). The molecule has 0 fully saturated rings. The minimum Gasteiger partial charge on any atom is -0.484 e. The number of carbonyl (C=O) groups excluding carboxylic acids is 2. The third-order valence-electron chi connectivity index (χ3n) is 3.45. The molecule has 25 heavy (non-hydrogen) atoms. The number of halogens is 2. The maximum absolute atomic E-state index is 13.4. The summed E-state index contributed by atoms with van der Waals surface area (Å²) in [4.78, 5) is 24.1. The van der Waals surface area contributed by atoms with E-state index in [-0.39, 0.29) is 12.2 Å². The lowest BCUT2D eigenvalue weighted by Gasteiger charge is -2.18. The Morgan fingerprint density at radius 1 is 1.12 bits per heavy atom. The molecule has 0 spiro atoms. The summed E-state index contributed by atoms with van der Waals surface area (Å²) in [7, 11) is 1.38. The number of likely N-dealkylation sites (N-methyl/N-ethyl adjacent to an activating group) is 1. The molecule has 0 saturated heterocycles. The van der Waals surface area contributed by atoms with Crippen molar-refractivity contribution < 1.29 is 23.1 Å². The van der Waals surface area contributed by atoms with Gasteiger partial charge in [-0.1, -0.05) is 18.2 Å². The highest BCUT2D eigenvalue weighted by Crippen LogP contribution is 2.17. The largest absolute Gasteiger partial charge is 0.484 e. The molecular formula is C18H18F2N2O3. The van der Waals surface area contributed by atoms with Gasteiger partial charge in [-0.25, -0.2) is 8.78 Å². The van der Waals surface area contributed by atoms with Crippen molar-refractivity contribution in [3.05, 3.63) is 65.2 Å². The normalized spacial score (nSPS) is 11.5. The molecular weight excluding hydrogens is 330 g/mol. The Morgan fingerprint density at radius 2 is 1.88 bits per heavy atom. The van der Waals surface area contributed by atoms with Gasteiger partial charge in [0.15, 0.2) is 18.2 Å². The molecule has 1 atom stereocenters. The van der Waals surface area contributed by atoms with Gasteiger partial charge in [-0.05, 0) is 42.3 Å². The average Bonchev–Trinajstić information content (AvgIpc) is 2.60. The van der Waals surface area contributed by atoms with Crippen LogP contribution in [0.25, 0.3) is 0 Å². The summed E-state index contributed by atoms with van der Waals surface area (Å²) in [6.07, 6.45) is 0. The molecule has 2 aromatic rings. The van der Waals surface area contributed by atoms with E-state index in [2.05, 4.69) is 10.6 Å². The van der Waals surface area contributed by atoms with Crippen LogP contribution in [0.5, 0.6) is 5.75 Å². The highest BCUT2D eigenvalue weighted by Gasteiger charge is 2.23. The fourth-order valence-corrected chi connectivity index (χ4v) is 2.19. The van der Waals surface area contributed by atoms with E-state index in [1.165, 1.54) is 13.1 Å². The van der Waals surface area contributed by atoms with Gasteiger partial charge >= 0.3 is 0 Å². The fraction of sp³-hybridized carbons (Fsp3) is 0.222. The number of aryl methyl sites for hydroxylation is 1. The van der Waals surface area contributed by atoms with E-state index < -0.39 is 29.5 Å². The van der Waals surface area contributed by atoms with E-state index in [1.807, 2.05) is 13.0 Å². The Balaban J connectivity index is 2.07. The summed E-state index contributed by atoms with van der Waals surface area (Å²) >= 11 is 0. The van der Waals surface area contributed by atoms with Gasteiger partial charge in [0.1, 0.15) is 11.8 Å². The number of ether oxygens (including phenoxy) is 1. The van der Waals surface area contributed by atoms with Crippen molar-refractivity contribution in [3.8, 4) is 5.75 Å². The molecule has 0 aliphatic rings. The maximum Gasteiger partial charge on any atom is 0.258 e. The Hall–Kier alpha value is -2.96. The van der Waals surface area contributed by atoms with Gasteiger partial charge in [-0.2, -0.15) is 0 Å². The van der Waals surface area contributed by atoms with E-state index in [9.17, 15) is 18.4 Å². The number of nitrogens with one attached hydrogen (secondary N) is 2. The van der Waals surface area contributed by atoms with E-state index in [4.69, 9.17) is 4.74 Å². The lowest BCUT2D eigenvalue weighted by Crippen LogP contribution is -2.41. The molecule has 0 bridgehead atoms. The van der Waals surface area contributed by atoms with Crippen LogP contribution >= 0.6 is 0 Å². The first-order valence-corrected chi connectivity index (χ1v) is 7.56. The summed E-state index contributed by atoms with van der Waals surface area (Å²) in [6, 6.07) is 8.99. The van der Waals surface area contributed by atoms with Gasteiger partial charge in [0, 0.05) is 7.05 Å². The first-order chi connectivity index (χ1) is 11.9. The number of amides is 2. The van der Waals surface area contributed by atoms with Crippen LogP contribution in [-0.2, 0) is 9.59 Å². The van der Waals surface area contributed by atoms with Crippen molar-refractivity contribution in [2.24, 2.45) is 0 Å². The molecule has 0 saturated carbocycles. The van der Waals surface area contributed by atoms with Crippen LogP contribution in [0.3, 0.4) is 0 Å². The molecule has 0 radical (unpaired) electrons. The van der Waals surface area contributed by atoms with Crippen LogP contribution in [0.1, 0.15) is 17.2 Å². The fourth-order valence-electron chi connectivity index (χ4n) is 2.19. The van der Waals surface area contributed by atoms with Gasteiger partial charge in [-0.15, -0.1) is 0 Å². The first-order valence-electron chi connectivity index (χ1n) is 7.56. The number of hydrogen-bond donors (Lipinski definition) is 2. The Labute approximate surface area is 144 Å². The van der Waals surface area contributed by atoms with Crippen LogP contribution in [0.15, 0.2) is 42.5 Å². The van der Waals surface area contributed by atoms with Crippen LogP contribution in [0, 0.1) is 18.6 Å². The van der Waals surface area contributed by atoms with Crippen molar-refractivity contribution >= 4 is 11.8 Å².